The molecule has 0 aliphatic carbocycles. The molecule has 0 saturated carbocycles. The van der Waals surface area contributed by atoms with E-state index < -0.39 is 75.8 Å². The van der Waals surface area contributed by atoms with E-state index in [4.69, 9.17) is 21.7 Å². The fraction of sp³-hybridized carbons (Fsp3) is 0.105. The Hall–Kier alpha value is -8.52. The van der Waals surface area contributed by atoms with E-state index >= 15 is 0 Å². The zero-order chi connectivity index (χ0) is 48.1. The molecule has 0 radical (unpaired) electrons. The monoisotopic (exact) mass is 922 g/mol. The summed E-state index contributed by atoms with van der Waals surface area (Å²) in [4.78, 5) is 53.8. The summed E-state index contributed by atoms with van der Waals surface area (Å²) in [5, 5.41) is 59.0. The van der Waals surface area contributed by atoms with Crippen molar-refractivity contribution >= 4 is 66.6 Å². The van der Waals surface area contributed by atoms with Gasteiger partial charge in [0.25, 0.3) is 11.4 Å². The average molecular weight is 923 g/mol. The van der Waals surface area contributed by atoms with Crippen molar-refractivity contribution in [1.29, 1.82) is 0 Å². The number of nitro groups is 2. The molecule has 336 valence electrons. The van der Waals surface area contributed by atoms with Gasteiger partial charge in [-0.1, -0.05) is 33.6 Å². The number of sulfonamides is 2. The molecule has 6 rings (SSSR count). The minimum absolute atomic E-state index is 0.135. The van der Waals surface area contributed by atoms with Crippen molar-refractivity contribution < 1.29 is 66.7 Å². The van der Waals surface area contributed by atoms with E-state index in [9.17, 15) is 56.9 Å². The highest BCUT2D eigenvalue weighted by atomic mass is 32.2. The van der Waals surface area contributed by atoms with Gasteiger partial charge in [0.2, 0.25) is 0 Å². The summed E-state index contributed by atoms with van der Waals surface area (Å²) < 4.78 is 53.3. The van der Waals surface area contributed by atoms with Gasteiger partial charge in [0.15, 0.2) is 0 Å². The zero-order valence-electron chi connectivity index (χ0n) is 33.8. The van der Waals surface area contributed by atoms with Gasteiger partial charge in [0.05, 0.1) is 32.4 Å². The molecule has 6 aromatic rings. The number of nitrogens with one attached hydrogen (secondary N) is 4. The van der Waals surface area contributed by atoms with E-state index in [1.165, 1.54) is 48.5 Å². The summed E-state index contributed by atoms with van der Waals surface area (Å²) in [6.07, 6.45) is 0. The van der Waals surface area contributed by atoms with Crippen LogP contribution in [0.15, 0.2) is 107 Å². The molecule has 2 aromatic heterocycles. The van der Waals surface area contributed by atoms with E-state index in [0.29, 0.717) is 11.4 Å². The maximum atomic E-state index is 12.1. The maximum Gasteiger partial charge on any atom is 0.404 e. The van der Waals surface area contributed by atoms with E-state index in [-0.39, 0.29) is 21.7 Å². The Morgan fingerprint density at radius 3 is 1.16 bits per heavy atom. The van der Waals surface area contributed by atoms with Crippen LogP contribution in [0, 0.1) is 47.9 Å². The third-order valence-electron chi connectivity index (χ3n) is 7.71. The lowest BCUT2D eigenvalue weighted by molar-refractivity contribution is -0.385. The van der Waals surface area contributed by atoms with Gasteiger partial charge in [0, 0.05) is 47.8 Å². The summed E-state index contributed by atoms with van der Waals surface area (Å²) in [6.45, 7) is 7.25. The Morgan fingerprint density at radius 1 is 0.578 bits per heavy atom. The van der Waals surface area contributed by atoms with E-state index in [1.54, 1.807) is 13.8 Å². The second-order valence-electron chi connectivity index (χ2n) is 12.9. The number of nitrogen functional groups attached to an aromatic ring is 2. The smallest absolute Gasteiger partial charge is 0.404 e. The van der Waals surface area contributed by atoms with Crippen molar-refractivity contribution in [1.82, 2.24) is 9.97 Å². The third kappa shape index (κ3) is 14.9. The number of anilines is 4. The summed E-state index contributed by atoms with van der Waals surface area (Å²) in [7, 11) is -7.33. The number of nitrogens with zero attached hydrogens (tertiary/aromatic N) is 4. The van der Waals surface area contributed by atoms with E-state index in [0.717, 1.165) is 59.2 Å². The molecular weight excluding hydrogens is 885 g/mol. The Kier molecular flexibility index (Phi) is 16.6. The lowest BCUT2D eigenvalue weighted by Crippen LogP contribution is -2.23. The normalized spacial score (nSPS) is 10.6. The number of carboxylic acid groups (broad SMARTS) is 2. The number of carbonyl (C=O) groups is 2. The quantitative estimate of drug-likeness (QED) is 0.0653. The van der Waals surface area contributed by atoms with Crippen molar-refractivity contribution in [2.75, 3.05) is 20.9 Å². The van der Waals surface area contributed by atoms with Crippen LogP contribution in [0.5, 0.6) is 11.5 Å². The first-order chi connectivity index (χ1) is 29.8. The van der Waals surface area contributed by atoms with Crippen molar-refractivity contribution in [2.45, 2.75) is 37.5 Å². The van der Waals surface area contributed by atoms with Crippen LogP contribution in [0.1, 0.15) is 43.5 Å². The van der Waals surface area contributed by atoms with Crippen molar-refractivity contribution in [3.63, 3.8) is 0 Å². The highest BCUT2D eigenvalue weighted by molar-refractivity contribution is 7.93. The third-order valence-corrected chi connectivity index (χ3v) is 10.4. The number of nitro benzene ring substituents is 2. The molecule has 4 aromatic carbocycles. The first-order valence-corrected chi connectivity index (χ1v) is 20.6. The van der Waals surface area contributed by atoms with E-state index in [2.05, 4.69) is 29.4 Å². The molecule has 10 N–H and O–H groups in total. The Labute approximate surface area is 363 Å². The number of non-ortho nitro benzene ring substituents is 2. The topological polar surface area (TPSA) is 405 Å². The van der Waals surface area contributed by atoms with Gasteiger partial charge < -0.3 is 31.9 Å². The van der Waals surface area contributed by atoms with Gasteiger partial charge in [-0.3, -0.25) is 20.2 Å². The van der Waals surface area contributed by atoms with Crippen molar-refractivity contribution in [3.8, 4) is 11.5 Å². The first kappa shape index (κ1) is 49.8. The predicted octanol–water partition coefficient (Wildman–Crippen LogP) is 2.52. The summed E-state index contributed by atoms with van der Waals surface area (Å²) in [5.41, 5.74) is 13.2. The van der Waals surface area contributed by atoms with Crippen LogP contribution < -0.4 is 41.1 Å². The molecule has 0 bridgehead atoms. The number of aromatic amines is 2. The molecule has 0 aliphatic rings. The molecule has 0 aliphatic heterocycles. The number of aryl methyl sites for hydroxylation is 4. The number of rotatable bonds is 10. The molecule has 0 unspecified atom stereocenters. The molecule has 0 fully saturated rings. The number of hydrogen-bond donors (Lipinski definition) is 6. The summed E-state index contributed by atoms with van der Waals surface area (Å²) in [5.74, 6) is -4.03. The highest BCUT2D eigenvalue weighted by Crippen LogP contribution is 2.22. The number of carboxylic acids is 2. The Balaban J connectivity index is 0.000000231. The molecule has 24 nitrogen and oxygen atoms in total. The van der Waals surface area contributed by atoms with Crippen LogP contribution in [-0.2, 0) is 20.0 Å². The van der Waals surface area contributed by atoms with Gasteiger partial charge in [-0.2, -0.15) is 26.3 Å². The summed E-state index contributed by atoms with van der Waals surface area (Å²) in [6, 6.07) is 20.7. The second-order valence-corrected chi connectivity index (χ2v) is 16.3. The molecule has 64 heavy (non-hydrogen) atoms. The number of H-pyrrole nitrogens is 2. The van der Waals surface area contributed by atoms with Gasteiger partial charge in [-0.15, -0.1) is 0 Å². The van der Waals surface area contributed by atoms with Crippen LogP contribution in [0.3, 0.4) is 0 Å². The van der Waals surface area contributed by atoms with Gasteiger partial charge in [-0.25, -0.2) is 19.6 Å². The zero-order valence-corrected chi connectivity index (χ0v) is 35.4. The number of aromatic nitrogens is 4. The summed E-state index contributed by atoms with van der Waals surface area (Å²) >= 11 is 0. The molecule has 0 amide bonds. The molecule has 0 spiro atoms. The van der Waals surface area contributed by atoms with Gasteiger partial charge in [-0.05, 0) is 76.2 Å². The van der Waals surface area contributed by atoms with E-state index in [1.807, 2.05) is 26.0 Å². The molecule has 26 heteroatoms. The Morgan fingerprint density at radius 2 is 0.891 bits per heavy atom. The standard InChI is InChI=1S/2C12H14N4O2S.2C7H5NO5/c2*1-8-7-9(2)15-12(14-8)16-19(17,18)11-5-3-10(13)4-6-11;2*9-6-2-1-4(8(12)13)3-5(6)7(10)11/h2*3-7H,13H2,1-2H3,(H,14,15,16);2*1-3,9H,(H,10,11). The van der Waals surface area contributed by atoms with Gasteiger partial charge >= 0.3 is 43.9 Å². The minimum Gasteiger partial charge on any atom is -0.872 e. The van der Waals surface area contributed by atoms with Crippen LogP contribution in [0.2, 0.25) is 0 Å². The molecule has 2 heterocycles. The van der Waals surface area contributed by atoms with Crippen LogP contribution in [-0.4, -0.2) is 58.8 Å². The molecule has 0 atom stereocenters. The number of hydrogen-bond acceptors (Lipinski definition) is 16. The first-order valence-electron chi connectivity index (χ1n) is 17.7. The largest absolute Gasteiger partial charge is 0.872 e. The highest BCUT2D eigenvalue weighted by Gasteiger charge is 2.22. The fourth-order valence-electron chi connectivity index (χ4n) is 4.91. The lowest BCUT2D eigenvalue weighted by atomic mass is 10.2. The van der Waals surface area contributed by atoms with Crippen molar-refractivity contribution in [2.24, 2.45) is 0 Å². The fourth-order valence-corrected chi connectivity index (χ4v) is 6.83. The number of benzene rings is 4. The van der Waals surface area contributed by atoms with Crippen LogP contribution >= 0.6 is 0 Å². The molecular formula is C38H38N10O14S2. The maximum absolute atomic E-state index is 12.1. The second kappa shape index (κ2) is 21.3. The average Bonchev–Trinajstić information content (AvgIpc) is 3.18. The van der Waals surface area contributed by atoms with Crippen molar-refractivity contribution in [3.05, 3.63) is 151 Å². The number of aromatic carboxylic acids is 2. The Bertz CT molecular complexity index is 2680. The van der Waals surface area contributed by atoms with Crippen LogP contribution in [0.25, 0.3) is 0 Å². The predicted molar refractivity (Wildman–Crippen MR) is 223 cm³/mol. The SMILES string of the molecule is Cc1cc(C)[nH+]c(NS(=O)(=O)c2ccc(N)cc2)n1.Cc1cc(C)[nH+]c(NS(=O)(=O)c2ccc(N)cc2)n1.O=C(O)c1cc([N+](=O)[O-])ccc1[O-].O=C(O)c1cc([N+](=O)[O-])ccc1[O-]. The minimum atomic E-state index is -3.66. The number of nitrogens with two attached hydrogens (primary N) is 2. The lowest BCUT2D eigenvalue weighted by Gasteiger charge is -2.07. The van der Waals surface area contributed by atoms with Crippen LogP contribution in [0.4, 0.5) is 34.6 Å². The van der Waals surface area contributed by atoms with Gasteiger partial charge in [0.1, 0.15) is 21.2 Å². The molecule has 0 saturated heterocycles.